The summed E-state index contributed by atoms with van der Waals surface area (Å²) in [4.78, 5) is 23.2. The van der Waals surface area contributed by atoms with Crippen molar-refractivity contribution in [1.29, 1.82) is 0 Å². The SMILES string of the molecule is C=Cc1ccc(NC(=O)Nc2nc(C)cc(NCCCCN(C)C)n2)cc1C=C.[HH].[HH].[HH]. The number of unbranched alkanes of at least 4 members (excludes halogenated alkanes) is 1. The van der Waals surface area contributed by atoms with Gasteiger partial charge in [0.1, 0.15) is 5.82 Å². The van der Waals surface area contributed by atoms with Crippen molar-refractivity contribution in [2.24, 2.45) is 0 Å². The third-order valence-corrected chi connectivity index (χ3v) is 4.20. The zero-order valence-corrected chi connectivity index (χ0v) is 17.5. The fourth-order valence-corrected chi connectivity index (χ4v) is 2.76. The lowest BCUT2D eigenvalue weighted by Crippen LogP contribution is -2.21. The van der Waals surface area contributed by atoms with E-state index in [-0.39, 0.29) is 10.2 Å². The molecular weight excluding hydrogens is 364 g/mol. The molecule has 0 aliphatic rings. The van der Waals surface area contributed by atoms with E-state index in [9.17, 15) is 4.79 Å². The second-order valence-electron chi connectivity index (χ2n) is 6.99. The molecule has 160 valence electrons. The largest absolute Gasteiger partial charge is 0.370 e. The number of hydrogen-bond donors (Lipinski definition) is 3. The van der Waals surface area contributed by atoms with Crippen molar-refractivity contribution >= 4 is 35.6 Å². The van der Waals surface area contributed by atoms with Crippen molar-refractivity contribution in [3.05, 3.63) is 54.2 Å². The Bertz CT molecular complexity index is 877. The Hall–Kier alpha value is -3.19. The van der Waals surface area contributed by atoms with Crippen LogP contribution in [0.4, 0.5) is 22.2 Å². The van der Waals surface area contributed by atoms with Gasteiger partial charge in [0.25, 0.3) is 0 Å². The first-order chi connectivity index (χ1) is 13.9. The Balaban J connectivity index is 0. The average Bonchev–Trinajstić information content (AvgIpc) is 2.66. The van der Waals surface area contributed by atoms with Gasteiger partial charge in [0.2, 0.25) is 5.95 Å². The third kappa shape index (κ3) is 7.38. The number of urea groups is 1. The molecule has 0 saturated heterocycles. The lowest BCUT2D eigenvalue weighted by Gasteiger charge is -2.12. The van der Waals surface area contributed by atoms with Crippen molar-refractivity contribution in [3.8, 4) is 0 Å². The van der Waals surface area contributed by atoms with Gasteiger partial charge >= 0.3 is 6.03 Å². The summed E-state index contributed by atoms with van der Waals surface area (Å²) < 4.78 is 0. The highest BCUT2D eigenvalue weighted by molar-refractivity contribution is 5.99. The molecule has 0 aliphatic heterocycles. The minimum absolute atomic E-state index is 0. The molecule has 3 N–H and O–H groups in total. The molecule has 0 fully saturated rings. The van der Waals surface area contributed by atoms with Crippen LogP contribution >= 0.6 is 0 Å². The molecule has 7 nitrogen and oxygen atoms in total. The van der Waals surface area contributed by atoms with E-state index in [0.29, 0.717) is 11.5 Å². The fourth-order valence-electron chi connectivity index (χ4n) is 2.76. The van der Waals surface area contributed by atoms with Crippen molar-refractivity contribution in [2.75, 3.05) is 43.1 Å². The average molecular weight is 401 g/mol. The van der Waals surface area contributed by atoms with Crippen LogP contribution in [0.15, 0.2) is 37.4 Å². The highest BCUT2D eigenvalue weighted by Crippen LogP contribution is 2.18. The van der Waals surface area contributed by atoms with E-state index in [4.69, 9.17) is 0 Å². The number of rotatable bonds is 10. The predicted octanol–water partition coefficient (Wildman–Crippen LogP) is 5.21. The number of anilines is 3. The molecule has 1 aromatic heterocycles. The second-order valence-corrected chi connectivity index (χ2v) is 6.99. The van der Waals surface area contributed by atoms with Crippen LogP contribution in [0.25, 0.3) is 12.2 Å². The molecule has 1 aromatic carbocycles. The molecular formula is C22H36N6O. The molecule has 2 rings (SSSR count). The minimum Gasteiger partial charge on any atom is -0.370 e. The normalized spacial score (nSPS) is 10.5. The van der Waals surface area contributed by atoms with Gasteiger partial charge in [-0.05, 0) is 63.7 Å². The number of nitrogens with one attached hydrogen (secondary N) is 3. The standard InChI is InChI=1S/C22H30N6O.3H2/c1-6-17-10-11-19(15-18(17)7-2)25-22(29)27-21-24-16(3)14-20(26-21)23-12-8-9-13-28(4)5;;;/h6-7,10-11,14-15H,1-2,8-9,12-13H2,3-5H3,(H3,23,24,25,26,27,29);3*1H. The Kier molecular flexibility index (Phi) is 8.36. The zero-order valence-electron chi connectivity index (χ0n) is 17.5. The number of carbonyl (C=O) groups excluding carboxylic acids is 1. The van der Waals surface area contributed by atoms with Crippen LogP contribution in [-0.2, 0) is 0 Å². The Labute approximate surface area is 177 Å². The Morgan fingerprint density at radius 1 is 1.10 bits per heavy atom. The van der Waals surface area contributed by atoms with E-state index in [1.54, 1.807) is 18.2 Å². The Morgan fingerprint density at radius 2 is 1.86 bits per heavy atom. The summed E-state index contributed by atoms with van der Waals surface area (Å²) in [7, 11) is 4.13. The number of amides is 2. The van der Waals surface area contributed by atoms with Crippen LogP contribution in [0.1, 0.15) is 33.9 Å². The maximum atomic E-state index is 12.3. The van der Waals surface area contributed by atoms with Crippen LogP contribution in [-0.4, -0.2) is 48.1 Å². The highest BCUT2D eigenvalue weighted by atomic mass is 16.2. The zero-order chi connectivity index (χ0) is 21.2. The number of benzene rings is 1. The second kappa shape index (κ2) is 11.0. The van der Waals surface area contributed by atoms with Gasteiger partial charge in [-0.1, -0.05) is 31.4 Å². The number of hydrogen-bond acceptors (Lipinski definition) is 5. The first kappa shape index (κ1) is 22.1. The van der Waals surface area contributed by atoms with Gasteiger partial charge in [0.05, 0.1) is 0 Å². The van der Waals surface area contributed by atoms with Gasteiger partial charge in [-0.2, -0.15) is 4.98 Å². The van der Waals surface area contributed by atoms with Crippen molar-refractivity contribution in [3.63, 3.8) is 0 Å². The van der Waals surface area contributed by atoms with Gasteiger partial charge in [0, 0.05) is 28.3 Å². The first-order valence-electron chi connectivity index (χ1n) is 9.62. The summed E-state index contributed by atoms with van der Waals surface area (Å²) in [5.74, 6) is 0.951. The van der Waals surface area contributed by atoms with Crippen molar-refractivity contribution in [2.45, 2.75) is 19.8 Å². The van der Waals surface area contributed by atoms with E-state index in [1.165, 1.54) is 0 Å². The molecule has 0 unspecified atom stereocenters. The van der Waals surface area contributed by atoms with E-state index in [1.807, 2.05) is 25.1 Å². The van der Waals surface area contributed by atoms with Crippen LogP contribution in [0.5, 0.6) is 0 Å². The summed E-state index contributed by atoms with van der Waals surface area (Å²) in [6.07, 6.45) is 5.61. The first-order valence-corrected chi connectivity index (χ1v) is 9.62. The van der Waals surface area contributed by atoms with Gasteiger partial charge in [-0.3, -0.25) is 5.32 Å². The number of carbonyl (C=O) groups is 1. The molecule has 0 radical (unpaired) electrons. The van der Waals surface area contributed by atoms with Crippen LogP contribution < -0.4 is 16.0 Å². The topological polar surface area (TPSA) is 82.2 Å². The maximum absolute atomic E-state index is 12.3. The predicted molar refractivity (Wildman–Crippen MR) is 129 cm³/mol. The third-order valence-electron chi connectivity index (χ3n) is 4.20. The maximum Gasteiger partial charge on any atom is 0.326 e. The van der Waals surface area contributed by atoms with Crippen LogP contribution in [0.3, 0.4) is 0 Å². The lowest BCUT2D eigenvalue weighted by molar-refractivity contribution is 0.262. The molecule has 0 spiro atoms. The lowest BCUT2D eigenvalue weighted by atomic mass is 10.1. The van der Waals surface area contributed by atoms with Crippen LogP contribution in [0.2, 0.25) is 0 Å². The minimum atomic E-state index is -0.408. The summed E-state index contributed by atoms with van der Waals surface area (Å²) in [5, 5.41) is 8.77. The van der Waals surface area contributed by atoms with E-state index < -0.39 is 6.03 Å². The monoisotopic (exact) mass is 400 g/mol. The highest BCUT2D eigenvalue weighted by Gasteiger charge is 2.08. The number of aryl methyl sites for hydroxylation is 1. The summed E-state index contributed by atoms with van der Waals surface area (Å²) >= 11 is 0. The molecule has 0 aliphatic carbocycles. The molecule has 0 bridgehead atoms. The van der Waals surface area contributed by atoms with Gasteiger partial charge < -0.3 is 15.5 Å². The molecule has 2 amide bonds. The smallest absolute Gasteiger partial charge is 0.326 e. The number of nitrogens with zero attached hydrogens (tertiary/aromatic N) is 3. The van der Waals surface area contributed by atoms with Crippen molar-refractivity contribution in [1.82, 2.24) is 14.9 Å². The quantitative estimate of drug-likeness (QED) is 0.477. The summed E-state index contributed by atoms with van der Waals surface area (Å²) in [6, 6.07) is 6.97. The van der Waals surface area contributed by atoms with Gasteiger partial charge in [-0.15, -0.1) is 0 Å². The molecule has 0 saturated carbocycles. The summed E-state index contributed by atoms with van der Waals surface area (Å²) in [6.45, 7) is 11.3. The van der Waals surface area contributed by atoms with E-state index in [2.05, 4.69) is 58.1 Å². The molecule has 0 atom stereocenters. The summed E-state index contributed by atoms with van der Waals surface area (Å²) in [5.41, 5.74) is 3.27. The molecule has 2 aromatic rings. The Morgan fingerprint density at radius 3 is 2.55 bits per heavy atom. The van der Waals surface area contributed by atoms with E-state index >= 15 is 0 Å². The number of aromatic nitrogens is 2. The van der Waals surface area contributed by atoms with Crippen LogP contribution in [0, 0.1) is 6.92 Å². The van der Waals surface area contributed by atoms with Crippen molar-refractivity contribution < 1.29 is 9.07 Å². The van der Waals surface area contributed by atoms with E-state index in [0.717, 1.165) is 42.8 Å². The van der Waals surface area contributed by atoms with Gasteiger partial charge in [0.15, 0.2) is 0 Å². The molecule has 29 heavy (non-hydrogen) atoms. The molecule has 1 heterocycles. The molecule has 7 heteroatoms. The fraction of sp³-hybridized carbons (Fsp3) is 0.318. The van der Waals surface area contributed by atoms with Gasteiger partial charge in [-0.25, -0.2) is 9.78 Å².